The van der Waals surface area contributed by atoms with Crippen LogP contribution in [0.2, 0.25) is 10.0 Å². The van der Waals surface area contributed by atoms with E-state index in [2.05, 4.69) is 4.98 Å². The third-order valence-electron chi connectivity index (χ3n) is 5.62. The van der Waals surface area contributed by atoms with Gasteiger partial charge in [-0.2, -0.15) is 13.2 Å². The van der Waals surface area contributed by atoms with Gasteiger partial charge < -0.3 is 9.84 Å². The van der Waals surface area contributed by atoms with Gasteiger partial charge in [-0.05, 0) is 55.4 Å². The van der Waals surface area contributed by atoms with Gasteiger partial charge in [0.25, 0.3) is 0 Å². The maximum Gasteiger partial charge on any atom is 0.422 e. The molecule has 174 valence electrons. The van der Waals surface area contributed by atoms with E-state index in [9.17, 15) is 23.1 Å². The molecule has 1 unspecified atom stereocenters. The summed E-state index contributed by atoms with van der Waals surface area (Å²) in [5.74, 6) is -0.214. The van der Waals surface area contributed by atoms with Gasteiger partial charge in [0.05, 0.1) is 16.1 Å². The first-order chi connectivity index (χ1) is 15.1. The van der Waals surface area contributed by atoms with Crippen LogP contribution in [0.5, 0.6) is 5.88 Å². The van der Waals surface area contributed by atoms with Crippen LogP contribution in [0.4, 0.5) is 13.2 Å². The van der Waals surface area contributed by atoms with Gasteiger partial charge in [0.2, 0.25) is 5.88 Å². The lowest BCUT2D eigenvalue weighted by Gasteiger charge is -2.27. The number of hydrogen-bond donors (Lipinski definition) is 1. The number of alkyl halides is 3. The van der Waals surface area contributed by atoms with Crippen LogP contribution < -0.4 is 4.74 Å². The number of halogens is 5. The number of Topliss-reactive ketones (excluding diaryl/α,β-unsaturated/α-hetero) is 1. The molecule has 1 fully saturated rings. The van der Waals surface area contributed by atoms with E-state index in [-0.39, 0.29) is 46.3 Å². The Labute approximate surface area is 194 Å². The molecule has 1 aliphatic carbocycles. The number of pyridine rings is 1. The van der Waals surface area contributed by atoms with Gasteiger partial charge in [-0.3, -0.25) is 4.79 Å². The van der Waals surface area contributed by atoms with Crippen molar-refractivity contribution in [3.63, 3.8) is 0 Å². The van der Waals surface area contributed by atoms with Crippen molar-refractivity contribution in [3.8, 4) is 17.0 Å². The van der Waals surface area contributed by atoms with E-state index in [1.807, 2.05) is 0 Å². The van der Waals surface area contributed by atoms with Crippen molar-refractivity contribution in [2.45, 2.75) is 57.2 Å². The molecule has 0 radical (unpaired) electrons. The third kappa shape index (κ3) is 6.83. The van der Waals surface area contributed by atoms with E-state index in [4.69, 9.17) is 27.9 Å². The van der Waals surface area contributed by atoms with Gasteiger partial charge in [-0.1, -0.05) is 42.1 Å². The molecule has 0 amide bonds. The van der Waals surface area contributed by atoms with E-state index in [1.54, 1.807) is 6.07 Å². The summed E-state index contributed by atoms with van der Waals surface area (Å²) in [5, 5.41) is 10.6. The van der Waals surface area contributed by atoms with Crippen molar-refractivity contribution >= 4 is 29.0 Å². The zero-order valence-corrected chi connectivity index (χ0v) is 18.8. The maximum absolute atomic E-state index is 12.7. The molecule has 1 saturated carbocycles. The van der Waals surface area contributed by atoms with Crippen LogP contribution in [-0.2, 0) is 0 Å². The number of nitrogens with zero attached hydrogens (tertiary/aromatic N) is 1. The quantitative estimate of drug-likeness (QED) is 0.409. The minimum atomic E-state index is -4.53. The number of carbonyl (C=O) groups is 1. The Kier molecular flexibility index (Phi) is 8.42. The van der Waals surface area contributed by atoms with E-state index in [0.717, 1.165) is 32.1 Å². The first-order valence-corrected chi connectivity index (χ1v) is 11.3. The summed E-state index contributed by atoms with van der Waals surface area (Å²) >= 11 is 12.0. The van der Waals surface area contributed by atoms with Crippen molar-refractivity contribution in [3.05, 3.63) is 46.1 Å². The summed E-state index contributed by atoms with van der Waals surface area (Å²) in [7, 11) is 0. The summed E-state index contributed by atoms with van der Waals surface area (Å²) in [6, 6.07) is 6.04. The van der Waals surface area contributed by atoms with Gasteiger partial charge >= 0.3 is 6.18 Å². The minimum Gasteiger partial charge on any atom is -0.468 e. The van der Waals surface area contributed by atoms with Crippen LogP contribution in [0.25, 0.3) is 11.1 Å². The first-order valence-electron chi connectivity index (χ1n) is 10.5. The highest BCUT2D eigenvalue weighted by atomic mass is 35.5. The van der Waals surface area contributed by atoms with Crippen LogP contribution in [0.1, 0.15) is 55.3 Å². The summed E-state index contributed by atoms with van der Waals surface area (Å²) < 4.78 is 42.9. The fourth-order valence-corrected chi connectivity index (χ4v) is 4.23. The molecule has 0 aliphatic heterocycles. The molecule has 1 heterocycles. The highest BCUT2D eigenvalue weighted by molar-refractivity contribution is 6.42. The Balaban J connectivity index is 1.77. The summed E-state index contributed by atoms with van der Waals surface area (Å²) in [6.45, 7) is -1.51. The molecule has 1 aliphatic rings. The van der Waals surface area contributed by atoms with Crippen LogP contribution >= 0.6 is 23.2 Å². The molecule has 1 N–H and O–H groups in total. The smallest absolute Gasteiger partial charge is 0.422 e. The number of hydrogen-bond acceptors (Lipinski definition) is 4. The fourth-order valence-electron chi connectivity index (χ4n) is 3.93. The second-order valence-electron chi connectivity index (χ2n) is 8.04. The molecule has 4 nitrogen and oxygen atoms in total. The van der Waals surface area contributed by atoms with Crippen molar-refractivity contribution < 1.29 is 27.8 Å². The Morgan fingerprint density at radius 1 is 1.16 bits per heavy atom. The van der Waals surface area contributed by atoms with Gasteiger partial charge in [-0.15, -0.1) is 0 Å². The van der Waals surface area contributed by atoms with Crippen LogP contribution in [0.3, 0.4) is 0 Å². The maximum atomic E-state index is 12.7. The number of aromatic nitrogens is 1. The SMILES string of the molecule is O=C(CCCC1CCCC[C@H]1O)c1cnc(OCC(F)(F)F)c(-c2ccc(Cl)c(Cl)c2)c1. The van der Waals surface area contributed by atoms with Gasteiger partial charge in [0.1, 0.15) is 0 Å². The number of ether oxygens (including phenoxy) is 1. The summed E-state index contributed by atoms with van der Waals surface area (Å²) in [5.41, 5.74) is 0.931. The average Bonchev–Trinajstić information content (AvgIpc) is 2.75. The minimum absolute atomic E-state index is 0.175. The molecule has 32 heavy (non-hydrogen) atoms. The number of ketones is 1. The van der Waals surface area contributed by atoms with Gasteiger partial charge in [-0.25, -0.2) is 4.98 Å². The molecular weight excluding hydrogens is 466 g/mol. The predicted molar refractivity (Wildman–Crippen MR) is 117 cm³/mol. The predicted octanol–water partition coefficient (Wildman–Crippen LogP) is 6.90. The molecule has 3 rings (SSSR count). The van der Waals surface area contributed by atoms with Crippen molar-refractivity contribution in [2.75, 3.05) is 6.61 Å². The standard InChI is InChI=1S/C23H24Cl2F3NO3/c24-18-9-8-15(11-19(18)25)17-10-16(12-29-22(17)32-13-23(26,27)28)21(31)7-3-5-14-4-1-2-6-20(14)30/h8-12,14,20,30H,1-7,13H2/t14?,20-/m1/s1. The van der Waals surface area contributed by atoms with E-state index in [0.29, 0.717) is 17.0 Å². The normalized spacial score (nSPS) is 19.1. The monoisotopic (exact) mass is 489 g/mol. The van der Waals surface area contributed by atoms with E-state index >= 15 is 0 Å². The molecule has 1 aromatic carbocycles. The van der Waals surface area contributed by atoms with Crippen LogP contribution in [0.15, 0.2) is 30.5 Å². The second kappa shape index (κ2) is 10.9. The summed E-state index contributed by atoms with van der Waals surface area (Å²) in [4.78, 5) is 16.7. The Hall–Kier alpha value is -1.83. The van der Waals surface area contributed by atoms with Crippen molar-refractivity contribution in [1.82, 2.24) is 4.98 Å². The summed E-state index contributed by atoms with van der Waals surface area (Å²) in [6.07, 6.45) is 1.90. The molecule has 1 aromatic heterocycles. The van der Waals surface area contributed by atoms with Gasteiger partial charge in [0.15, 0.2) is 12.4 Å². The average molecular weight is 490 g/mol. The van der Waals surface area contributed by atoms with E-state index in [1.165, 1.54) is 24.4 Å². The third-order valence-corrected chi connectivity index (χ3v) is 6.36. The largest absolute Gasteiger partial charge is 0.468 e. The zero-order valence-electron chi connectivity index (χ0n) is 17.3. The van der Waals surface area contributed by atoms with Crippen molar-refractivity contribution in [1.29, 1.82) is 0 Å². The lowest BCUT2D eigenvalue weighted by Crippen LogP contribution is -2.24. The lowest BCUT2D eigenvalue weighted by molar-refractivity contribution is -0.154. The van der Waals surface area contributed by atoms with Gasteiger partial charge in [0, 0.05) is 23.7 Å². The number of aliphatic hydroxyl groups excluding tert-OH is 1. The molecule has 0 bridgehead atoms. The number of aliphatic hydroxyl groups is 1. The number of benzene rings is 1. The van der Waals surface area contributed by atoms with Crippen LogP contribution in [0, 0.1) is 5.92 Å². The number of carbonyl (C=O) groups excluding carboxylic acids is 1. The Morgan fingerprint density at radius 2 is 1.91 bits per heavy atom. The molecule has 9 heteroatoms. The zero-order chi connectivity index (χ0) is 23.3. The fraction of sp³-hybridized carbons (Fsp3) is 0.478. The molecule has 2 aromatic rings. The molecule has 0 spiro atoms. The topological polar surface area (TPSA) is 59.4 Å². The lowest BCUT2D eigenvalue weighted by atomic mass is 9.83. The molecular formula is C23H24Cl2F3NO3. The Bertz CT molecular complexity index is 953. The highest BCUT2D eigenvalue weighted by Crippen LogP contribution is 2.35. The highest BCUT2D eigenvalue weighted by Gasteiger charge is 2.29. The van der Waals surface area contributed by atoms with Crippen molar-refractivity contribution in [2.24, 2.45) is 5.92 Å². The first kappa shape index (κ1) is 24.8. The second-order valence-corrected chi connectivity index (χ2v) is 8.85. The Morgan fingerprint density at radius 3 is 2.59 bits per heavy atom. The number of rotatable bonds is 8. The van der Waals surface area contributed by atoms with Crippen LogP contribution in [-0.4, -0.2) is 34.8 Å². The molecule has 0 saturated heterocycles. The molecule has 2 atom stereocenters. The van der Waals surface area contributed by atoms with E-state index < -0.39 is 12.8 Å².